The Hall–Kier alpha value is -1.30. The van der Waals surface area contributed by atoms with Crippen LogP contribution in [0.15, 0.2) is 0 Å². The van der Waals surface area contributed by atoms with Gasteiger partial charge in [0.2, 0.25) is 0 Å². The van der Waals surface area contributed by atoms with Crippen molar-refractivity contribution in [2.45, 2.75) is 25.4 Å². The Morgan fingerprint density at radius 3 is 2.72 bits per heavy atom. The summed E-state index contributed by atoms with van der Waals surface area (Å²) in [4.78, 5) is 22.8. The number of hydrogen-bond donors (Lipinski definition) is 2. The van der Waals surface area contributed by atoms with Gasteiger partial charge < -0.3 is 20.3 Å². The monoisotopic (exact) mass is 253 g/mol. The van der Waals surface area contributed by atoms with Crippen LogP contribution in [0.3, 0.4) is 0 Å². The molecule has 6 nitrogen and oxygen atoms in total. The molecule has 0 aromatic rings. The molecular formula is C12H15NO5. The summed E-state index contributed by atoms with van der Waals surface area (Å²) in [5.41, 5.74) is 4.75. The number of hydrogen-bond acceptors (Lipinski definition) is 5. The molecular weight excluding hydrogens is 238 g/mol. The van der Waals surface area contributed by atoms with E-state index < -0.39 is 18.3 Å². The van der Waals surface area contributed by atoms with Crippen molar-refractivity contribution in [3.05, 3.63) is 0 Å². The molecule has 0 radical (unpaired) electrons. The van der Waals surface area contributed by atoms with Crippen LogP contribution in [0.2, 0.25) is 0 Å². The lowest BCUT2D eigenvalue weighted by Crippen LogP contribution is -2.62. The average molecular weight is 253 g/mol. The summed E-state index contributed by atoms with van der Waals surface area (Å²) in [7, 11) is 0. The van der Waals surface area contributed by atoms with Gasteiger partial charge in [-0.25, -0.2) is 4.79 Å². The summed E-state index contributed by atoms with van der Waals surface area (Å²) in [5.74, 6) is 0.855. The van der Waals surface area contributed by atoms with E-state index in [0.29, 0.717) is 18.3 Å². The molecule has 0 aromatic carbocycles. The van der Waals surface area contributed by atoms with Crippen LogP contribution in [0.1, 0.15) is 19.3 Å². The van der Waals surface area contributed by atoms with Crippen molar-refractivity contribution in [2.75, 3.05) is 6.79 Å². The first-order valence-corrected chi connectivity index (χ1v) is 6.30. The van der Waals surface area contributed by atoms with Gasteiger partial charge in [0.25, 0.3) is 0 Å². The zero-order chi connectivity index (χ0) is 12.7. The molecule has 6 atom stereocenters. The fraction of sp³-hybridized carbons (Fsp3) is 0.833. The summed E-state index contributed by atoms with van der Waals surface area (Å²) in [6.07, 6.45) is 1.67. The van der Waals surface area contributed by atoms with Crippen molar-refractivity contribution in [3.8, 4) is 0 Å². The van der Waals surface area contributed by atoms with Crippen LogP contribution in [0.5, 0.6) is 0 Å². The van der Waals surface area contributed by atoms with Crippen LogP contribution in [-0.2, 0) is 14.3 Å². The number of carbonyl (C=O) groups is 2. The highest BCUT2D eigenvalue weighted by molar-refractivity contribution is 5.84. The minimum Gasteiger partial charge on any atom is -0.446 e. The van der Waals surface area contributed by atoms with Gasteiger partial charge in [-0.2, -0.15) is 0 Å². The first-order valence-electron chi connectivity index (χ1n) is 6.30. The zero-order valence-electron chi connectivity index (χ0n) is 9.80. The van der Waals surface area contributed by atoms with Crippen molar-refractivity contribution < 1.29 is 24.2 Å². The van der Waals surface area contributed by atoms with Gasteiger partial charge in [-0.05, 0) is 30.6 Å². The Balaban J connectivity index is 1.55. The minimum atomic E-state index is -0.730. The second kappa shape index (κ2) is 2.82. The van der Waals surface area contributed by atoms with Crippen LogP contribution in [0.25, 0.3) is 0 Å². The lowest BCUT2D eigenvalue weighted by atomic mass is 9.46. The highest BCUT2D eigenvalue weighted by atomic mass is 16.6. The van der Waals surface area contributed by atoms with E-state index in [1.165, 1.54) is 0 Å². The van der Waals surface area contributed by atoms with Crippen LogP contribution in [0, 0.1) is 28.6 Å². The second-order valence-electron chi connectivity index (χ2n) is 6.14. The van der Waals surface area contributed by atoms with Crippen LogP contribution in [0.4, 0.5) is 4.79 Å². The second-order valence-corrected chi connectivity index (χ2v) is 6.14. The van der Waals surface area contributed by atoms with Gasteiger partial charge in [-0.3, -0.25) is 4.79 Å². The van der Waals surface area contributed by atoms with E-state index in [1.54, 1.807) is 0 Å². The highest BCUT2D eigenvalue weighted by Gasteiger charge is 2.91. The molecule has 4 fully saturated rings. The van der Waals surface area contributed by atoms with E-state index in [2.05, 4.69) is 0 Å². The maximum atomic E-state index is 12.0. The molecule has 0 bridgehead atoms. The number of aliphatic hydroxyl groups excluding tert-OH is 1. The molecule has 18 heavy (non-hydrogen) atoms. The van der Waals surface area contributed by atoms with Gasteiger partial charge in [0.1, 0.15) is 6.10 Å². The number of amides is 1. The predicted molar refractivity (Wildman–Crippen MR) is 56.8 cm³/mol. The van der Waals surface area contributed by atoms with Crippen molar-refractivity contribution in [1.82, 2.24) is 0 Å². The SMILES string of the molecule is NC(=O)OC1C2CC3(C(=O)OCO)CC34CC1C24. The Labute approximate surface area is 103 Å². The molecule has 4 saturated carbocycles. The Kier molecular flexibility index (Phi) is 1.66. The predicted octanol–water partition coefficient (Wildman–Crippen LogP) is -0.0106. The minimum absolute atomic E-state index is 0.0894. The fourth-order valence-electron chi connectivity index (χ4n) is 5.34. The first-order chi connectivity index (χ1) is 8.56. The summed E-state index contributed by atoms with van der Waals surface area (Å²) in [6, 6.07) is 0. The quantitative estimate of drug-likeness (QED) is 0.544. The van der Waals surface area contributed by atoms with E-state index in [0.717, 1.165) is 12.8 Å². The van der Waals surface area contributed by atoms with Gasteiger partial charge in [-0.1, -0.05) is 0 Å². The molecule has 98 valence electrons. The van der Waals surface area contributed by atoms with Crippen LogP contribution >= 0.6 is 0 Å². The van der Waals surface area contributed by atoms with E-state index in [1.807, 2.05) is 0 Å². The molecule has 0 aliphatic heterocycles. The number of rotatable bonds is 3. The van der Waals surface area contributed by atoms with E-state index >= 15 is 0 Å². The van der Waals surface area contributed by atoms with E-state index in [4.69, 9.17) is 20.3 Å². The van der Waals surface area contributed by atoms with Gasteiger partial charge >= 0.3 is 12.1 Å². The molecule has 4 aliphatic carbocycles. The number of primary amides is 1. The third-order valence-electron chi connectivity index (χ3n) is 5.87. The molecule has 0 saturated heterocycles. The largest absolute Gasteiger partial charge is 0.446 e. The smallest absolute Gasteiger partial charge is 0.404 e. The molecule has 1 spiro atoms. The molecule has 1 amide bonds. The summed E-state index contributed by atoms with van der Waals surface area (Å²) < 4.78 is 9.92. The third kappa shape index (κ3) is 0.858. The van der Waals surface area contributed by atoms with Crippen molar-refractivity contribution in [3.63, 3.8) is 0 Å². The van der Waals surface area contributed by atoms with Crippen LogP contribution < -0.4 is 5.73 Å². The van der Waals surface area contributed by atoms with Crippen molar-refractivity contribution >= 4 is 12.1 Å². The maximum Gasteiger partial charge on any atom is 0.404 e. The first kappa shape index (κ1) is 10.6. The number of ether oxygens (including phenoxy) is 2. The zero-order valence-corrected chi connectivity index (χ0v) is 9.80. The van der Waals surface area contributed by atoms with Gasteiger partial charge in [0, 0.05) is 11.8 Å². The van der Waals surface area contributed by atoms with Crippen molar-refractivity contribution in [1.29, 1.82) is 0 Å². The lowest BCUT2D eigenvalue weighted by Gasteiger charge is -2.60. The van der Waals surface area contributed by atoms with E-state index in [9.17, 15) is 9.59 Å². The summed E-state index contributed by atoms with van der Waals surface area (Å²) in [6.45, 7) is -0.559. The van der Waals surface area contributed by atoms with Crippen molar-refractivity contribution in [2.24, 2.45) is 34.3 Å². The number of carbonyl (C=O) groups excluding carboxylic acids is 2. The van der Waals surface area contributed by atoms with Crippen LogP contribution in [-0.4, -0.2) is 30.1 Å². The lowest BCUT2D eigenvalue weighted by molar-refractivity contribution is -0.186. The van der Waals surface area contributed by atoms with Gasteiger partial charge in [-0.15, -0.1) is 0 Å². The molecule has 6 unspecified atom stereocenters. The Morgan fingerprint density at radius 2 is 2.06 bits per heavy atom. The fourth-order valence-corrected chi connectivity index (χ4v) is 5.34. The Morgan fingerprint density at radius 1 is 1.33 bits per heavy atom. The molecule has 0 heterocycles. The maximum absolute atomic E-state index is 12.0. The molecule has 6 heteroatoms. The normalized spacial score (nSPS) is 53.4. The molecule has 0 aromatic heterocycles. The standard InChI is InChI=1S/C12H15NO5/c13-10(16)18-8-5-1-11-3-12(11,9(15)17-4-14)2-6(8)7(5)11/h5-8,14H,1-4H2,(H2,13,16). The topological polar surface area (TPSA) is 98.9 Å². The third-order valence-corrected chi connectivity index (χ3v) is 5.87. The average Bonchev–Trinajstić information content (AvgIpc) is 2.92. The summed E-state index contributed by atoms with van der Waals surface area (Å²) in [5, 5.41) is 8.72. The highest BCUT2D eigenvalue weighted by Crippen LogP contribution is 2.91. The summed E-state index contributed by atoms with van der Waals surface area (Å²) >= 11 is 0. The Bertz CT molecular complexity index is 465. The molecule has 4 aliphatic rings. The number of aliphatic hydroxyl groups is 1. The van der Waals surface area contributed by atoms with E-state index in [-0.39, 0.29) is 23.4 Å². The molecule has 4 rings (SSSR count). The van der Waals surface area contributed by atoms with Gasteiger partial charge in [0.15, 0.2) is 6.79 Å². The number of esters is 1. The van der Waals surface area contributed by atoms with Gasteiger partial charge in [0.05, 0.1) is 5.41 Å². The molecule has 3 N–H and O–H groups in total. The number of nitrogens with two attached hydrogens (primary N) is 1.